The number of amides is 1. The molecule has 5 nitrogen and oxygen atoms in total. The lowest BCUT2D eigenvalue weighted by molar-refractivity contribution is 0.0989. The first-order valence-corrected chi connectivity index (χ1v) is 11.1. The van der Waals surface area contributed by atoms with Gasteiger partial charge in [-0.1, -0.05) is 58.4 Å². The van der Waals surface area contributed by atoms with Crippen LogP contribution in [0.4, 0.5) is 11.4 Å². The van der Waals surface area contributed by atoms with Crippen LogP contribution in [0.5, 0.6) is 11.5 Å². The first kappa shape index (κ1) is 21.1. The number of aliphatic imine (C=N–C) groups is 1. The highest BCUT2D eigenvalue weighted by molar-refractivity contribution is 9.08. The topological polar surface area (TPSA) is 51.1 Å². The number of hydrogen-bond donors (Lipinski definition) is 0. The zero-order valence-corrected chi connectivity index (χ0v) is 18.9. The Kier molecular flexibility index (Phi) is 6.37. The SMILES string of the molecule is C=Nc1cc(OCc2cccc(CBr)c2)c(OC)cc1C(=O)N1CCc2ccccc21. The molecular formula is C25H23BrN2O3. The summed E-state index contributed by atoms with van der Waals surface area (Å²) in [6, 6.07) is 19.5. The molecule has 0 saturated heterocycles. The molecule has 1 aliphatic heterocycles. The first-order valence-electron chi connectivity index (χ1n) is 9.99. The van der Waals surface area contributed by atoms with Crippen LogP contribution in [-0.2, 0) is 18.4 Å². The van der Waals surface area contributed by atoms with Gasteiger partial charge >= 0.3 is 0 Å². The van der Waals surface area contributed by atoms with Crippen LogP contribution >= 0.6 is 15.9 Å². The molecule has 0 unspecified atom stereocenters. The van der Waals surface area contributed by atoms with Crippen LogP contribution in [0.25, 0.3) is 0 Å². The Balaban J connectivity index is 1.61. The van der Waals surface area contributed by atoms with Crippen LogP contribution < -0.4 is 14.4 Å². The van der Waals surface area contributed by atoms with E-state index in [1.165, 1.54) is 11.1 Å². The van der Waals surface area contributed by atoms with E-state index in [2.05, 4.69) is 45.8 Å². The predicted octanol–water partition coefficient (Wildman–Crippen LogP) is 5.70. The average molecular weight is 479 g/mol. The third-order valence-electron chi connectivity index (χ3n) is 5.36. The quantitative estimate of drug-likeness (QED) is 0.323. The maximum atomic E-state index is 13.4. The Bertz CT molecular complexity index is 1130. The van der Waals surface area contributed by atoms with E-state index in [4.69, 9.17) is 9.47 Å². The largest absolute Gasteiger partial charge is 0.493 e. The lowest BCUT2D eigenvalue weighted by Gasteiger charge is -2.20. The van der Waals surface area contributed by atoms with E-state index in [1.807, 2.05) is 30.3 Å². The number of hydrogen-bond acceptors (Lipinski definition) is 4. The van der Waals surface area contributed by atoms with Gasteiger partial charge in [0.05, 0.1) is 18.4 Å². The fourth-order valence-electron chi connectivity index (χ4n) is 3.78. The highest BCUT2D eigenvalue weighted by Crippen LogP contribution is 2.38. The van der Waals surface area contributed by atoms with Crippen molar-refractivity contribution >= 4 is 39.9 Å². The van der Waals surface area contributed by atoms with Gasteiger partial charge in [0.25, 0.3) is 5.91 Å². The zero-order chi connectivity index (χ0) is 21.8. The number of ether oxygens (including phenoxy) is 2. The molecule has 0 N–H and O–H groups in total. The summed E-state index contributed by atoms with van der Waals surface area (Å²) >= 11 is 3.47. The van der Waals surface area contributed by atoms with Crippen molar-refractivity contribution in [1.82, 2.24) is 0 Å². The van der Waals surface area contributed by atoms with Crippen molar-refractivity contribution in [3.63, 3.8) is 0 Å². The maximum Gasteiger partial charge on any atom is 0.260 e. The van der Waals surface area contributed by atoms with Gasteiger partial charge in [0, 0.05) is 23.6 Å². The van der Waals surface area contributed by atoms with Crippen molar-refractivity contribution in [2.45, 2.75) is 18.4 Å². The predicted molar refractivity (Wildman–Crippen MR) is 127 cm³/mol. The number of carbonyl (C=O) groups excluding carboxylic acids is 1. The summed E-state index contributed by atoms with van der Waals surface area (Å²) in [5, 5.41) is 0.783. The Hall–Kier alpha value is -3.12. The lowest BCUT2D eigenvalue weighted by atomic mass is 10.1. The fourth-order valence-corrected chi connectivity index (χ4v) is 4.13. The number of carbonyl (C=O) groups is 1. The van der Waals surface area contributed by atoms with E-state index in [-0.39, 0.29) is 5.91 Å². The number of halogens is 1. The minimum atomic E-state index is -0.123. The van der Waals surface area contributed by atoms with E-state index in [0.717, 1.165) is 23.0 Å². The number of alkyl halides is 1. The van der Waals surface area contributed by atoms with Gasteiger partial charge in [0.2, 0.25) is 0 Å². The maximum absolute atomic E-state index is 13.4. The molecule has 158 valence electrons. The van der Waals surface area contributed by atoms with Crippen molar-refractivity contribution in [2.75, 3.05) is 18.6 Å². The number of para-hydroxylation sites is 1. The van der Waals surface area contributed by atoms with Gasteiger partial charge < -0.3 is 14.4 Å². The summed E-state index contributed by atoms with van der Waals surface area (Å²) in [4.78, 5) is 19.2. The molecule has 4 rings (SSSR count). The molecule has 0 saturated carbocycles. The van der Waals surface area contributed by atoms with Crippen molar-refractivity contribution in [1.29, 1.82) is 0 Å². The number of methoxy groups -OCH3 is 1. The van der Waals surface area contributed by atoms with E-state index in [1.54, 1.807) is 24.1 Å². The summed E-state index contributed by atoms with van der Waals surface area (Å²) in [7, 11) is 1.56. The molecule has 0 aromatic heterocycles. The van der Waals surface area contributed by atoms with Gasteiger partial charge in [0.15, 0.2) is 11.5 Å². The minimum Gasteiger partial charge on any atom is -0.493 e. The molecule has 0 spiro atoms. The molecule has 1 amide bonds. The molecule has 31 heavy (non-hydrogen) atoms. The van der Waals surface area contributed by atoms with Crippen LogP contribution in [0.15, 0.2) is 65.7 Å². The second kappa shape index (κ2) is 9.35. The van der Waals surface area contributed by atoms with Crippen LogP contribution in [0.1, 0.15) is 27.0 Å². The smallest absolute Gasteiger partial charge is 0.260 e. The number of anilines is 1. The van der Waals surface area contributed by atoms with Crippen molar-refractivity contribution in [2.24, 2.45) is 4.99 Å². The van der Waals surface area contributed by atoms with Gasteiger partial charge in [0.1, 0.15) is 6.61 Å². The standard InChI is InChI=1S/C25H23BrN2O3/c1-27-21-14-24(31-16-18-7-5-6-17(12-18)15-26)23(30-2)13-20(21)25(29)28-11-10-19-8-3-4-9-22(19)28/h3-9,12-14H,1,10-11,15-16H2,2H3. The molecule has 6 heteroatoms. The van der Waals surface area contributed by atoms with Gasteiger partial charge in [-0.25, -0.2) is 0 Å². The second-order valence-electron chi connectivity index (χ2n) is 7.26. The lowest BCUT2D eigenvalue weighted by Crippen LogP contribution is -2.29. The number of benzene rings is 3. The van der Waals surface area contributed by atoms with E-state index in [0.29, 0.717) is 35.9 Å². The van der Waals surface area contributed by atoms with Crippen molar-refractivity contribution in [3.05, 3.63) is 82.9 Å². The third-order valence-corrected chi connectivity index (χ3v) is 6.00. The molecule has 3 aromatic rings. The minimum absolute atomic E-state index is 0.123. The molecule has 0 radical (unpaired) electrons. The highest BCUT2D eigenvalue weighted by atomic mass is 79.9. The third kappa shape index (κ3) is 4.35. The van der Waals surface area contributed by atoms with E-state index in [9.17, 15) is 4.79 Å². The summed E-state index contributed by atoms with van der Waals surface area (Å²) < 4.78 is 11.6. The van der Waals surface area contributed by atoms with Crippen LogP contribution in [0.3, 0.4) is 0 Å². The number of rotatable bonds is 7. The normalized spacial score (nSPS) is 12.4. The van der Waals surface area contributed by atoms with Gasteiger partial charge in [-0.05, 0) is 42.0 Å². The molecule has 0 atom stereocenters. The summed E-state index contributed by atoms with van der Waals surface area (Å²) in [5.41, 5.74) is 5.24. The Morgan fingerprint density at radius 1 is 1.10 bits per heavy atom. The first-order chi connectivity index (χ1) is 15.1. The van der Waals surface area contributed by atoms with Crippen LogP contribution in [0, 0.1) is 0 Å². The molecule has 3 aromatic carbocycles. The summed E-state index contributed by atoms with van der Waals surface area (Å²) in [6.45, 7) is 4.67. The molecule has 0 aliphatic carbocycles. The van der Waals surface area contributed by atoms with E-state index < -0.39 is 0 Å². The summed E-state index contributed by atoms with van der Waals surface area (Å²) in [5.74, 6) is 0.884. The molecule has 1 heterocycles. The Morgan fingerprint density at radius 3 is 2.68 bits per heavy atom. The molecule has 0 bridgehead atoms. The Morgan fingerprint density at radius 2 is 1.90 bits per heavy atom. The van der Waals surface area contributed by atoms with Gasteiger partial charge in [-0.3, -0.25) is 9.79 Å². The Labute approximate surface area is 190 Å². The van der Waals surface area contributed by atoms with Gasteiger partial charge in [-0.2, -0.15) is 0 Å². The van der Waals surface area contributed by atoms with Crippen LogP contribution in [0.2, 0.25) is 0 Å². The zero-order valence-electron chi connectivity index (χ0n) is 17.3. The average Bonchev–Trinajstić information content (AvgIpc) is 3.26. The summed E-state index contributed by atoms with van der Waals surface area (Å²) in [6.07, 6.45) is 0.838. The number of fused-ring (bicyclic) bond motifs is 1. The molecular weight excluding hydrogens is 456 g/mol. The second-order valence-corrected chi connectivity index (χ2v) is 7.82. The van der Waals surface area contributed by atoms with Crippen molar-refractivity contribution in [3.8, 4) is 11.5 Å². The number of nitrogens with zero attached hydrogens (tertiary/aromatic N) is 2. The monoisotopic (exact) mass is 478 g/mol. The fraction of sp³-hybridized carbons (Fsp3) is 0.200. The van der Waals surface area contributed by atoms with Gasteiger partial charge in [-0.15, -0.1) is 0 Å². The van der Waals surface area contributed by atoms with Crippen molar-refractivity contribution < 1.29 is 14.3 Å². The molecule has 0 fully saturated rings. The van der Waals surface area contributed by atoms with E-state index >= 15 is 0 Å². The van der Waals surface area contributed by atoms with Crippen LogP contribution in [-0.4, -0.2) is 26.3 Å². The molecule has 1 aliphatic rings. The highest BCUT2D eigenvalue weighted by Gasteiger charge is 2.28.